The summed E-state index contributed by atoms with van der Waals surface area (Å²) in [6.07, 6.45) is 2.83. The number of aromatic amines is 1. The molecule has 0 spiro atoms. The maximum absolute atomic E-state index is 11.9. The summed E-state index contributed by atoms with van der Waals surface area (Å²) in [5, 5.41) is 9.04. The predicted molar refractivity (Wildman–Crippen MR) is 97.9 cm³/mol. The number of amides is 1. The minimum Gasteiger partial charge on any atom is -0.301 e. The molecule has 2 rings (SSSR count). The van der Waals surface area contributed by atoms with E-state index >= 15 is 0 Å². The van der Waals surface area contributed by atoms with E-state index in [1.165, 1.54) is 11.8 Å². The van der Waals surface area contributed by atoms with E-state index in [-0.39, 0.29) is 17.4 Å². The van der Waals surface area contributed by atoms with Crippen LogP contribution in [0.25, 0.3) is 0 Å². The van der Waals surface area contributed by atoms with E-state index in [1.54, 1.807) is 11.5 Å². The molecule has 0 saturated heterocycles. The van der Waals surface area contributed by atoms with Gasteiger partial charge in [0.15, 0.2) is 5.16 Å². The first kappa shape index (κ1) is 19.2. The molecule has 3 N–H and O–H groups in total. The molecular formula is C18H23N3O3S. The van der Waals surface area contributed by atoms with Crippen molar-refractivity contribution >= 4 is 17.7 Å². The third-order valence-electron chi connectivity index (χ3n) is 3.89. The number of hydrogen-bond acceptors (Lipinski definition) is 5. The summed E-state index contributed by atoms with van der Waals surface area (Å²) in [5.41, 5.74) is 3.37. The van der Waals surface area contributed by atoms with E-state index < -0.39 is 0 Å². The van der Waals surface area contributed by atoms with Crippen molar-refractivity contribution in [3.63, 3.8) is 0 Å². The van der Waals surface area contributed by atoms with Crippen molar-refractivity contribution in [3.05, 3.63) is 58.0 Å². The molecule has 1 atom stereocenters. The zero-order valence-corrected chi connectivity index (χ0v) is 15.0. The molecule has 0 radical (unpaired) electrons. The number of unbranched alkanes of at least 4 members (excludes halogenated alkanes) is 2. The average Bonchev–Trinajstić information content (AvgIpc) is 2.64. The molecule has 1 unspecified atom stereocenters. The lowest BCUT2D eigenvalue weighted by Gasteiger charge is -2.12. The zero-order chi connectivity index (χ0) is 18.1. The summed E-state index contributed by atoms with van der Waals surface area (Å²) in [5.74, 6) is 0.508. The first-order chi connectivity index (χ1) is 12.1. The minimum atomic E-state index is -0.360. The number of benzene rings is 1. The highest BCUT2D eigenvalue weighted by atomic mass is 32.2. The molecule has 6 nitrogen and oxygen atoms in total. The number of thioether (sulfide) groups is 1. The van der Waals surface area contributed by atoms with Gasteiger partial charge < -0.3 is 4.98 Å². The van der Waals surface area contributed by atoms with Crippen LogP contribution < -0.4 is 11.0 Å². The van der Waals surface area contributed by atoms with Crippen LogP contribution in [0.1, 0.15) is 49.8 Å². The van der Waals surface area contributed by atoms with Gasteiger partial charge in [-0.15, -0.1) is 0 Å². The monoisotopic (exact) mass is 361 g/mol. The normalized spacial score (nSPS) is 11.9. The summed E-state index contributed by atoms with van der Waals surface area (Å²) in [6, 6.07) is 11.5. The Morgan fingerprint density at radius 1 is 1.28 bits per heavy atom. The quantitative estimate of drug-likeness (QED) is 0.210. The van der Waals surface area contributed by atoms with Crippen LogP contribution in [-0.2, 0) is 4.79 Å². The van der Waals surface area contributed by atoms with E-state index in [2.05, 4.69) is 9.97 Å². The Morgan fingerprint density at radius 3 is 2.76 bits per heavy atom. The zero-order valence-electron chi connectivity index (χ0n) is 14.2. The smallest absolute Gasteiger partial charge is 0.251 e. The van der Waals surface area contributed by atoms with Gasteiger partial charge in [-0.25, -0.2) is 10.5 Å². The van der Waals surface area contributed by atoms with Gasteiger partial charge in [-0.3, -0.25) is 14.8 Å². The van der Waals surface area contributed by atoms with Crippen molar-refractivity contribution in [1.82, 2.24) is 15.4 Å². The van der Waals surface area contributed by atoms with Crippen LogP contribution >= 0.6 is 11.8 Å². The molecule has 0 saturated carbocycles. The number of H-pyrrole nitrogens is 1. The van der Waals surface area contributed by atoms with Gasteiger partial charge in [0.05, 0.1) is 5.69 Å². The fraction of sp³-hybridized carbons (Fsp3) is 0.389. The van der Waals surface area contributed by atoms with E-state index in [0.717, 1.165) is 36.3 Å². The Labute approximate surface area is 151 Å². The largest absolute Gasteiger partial charge is 0.301 e. The molecule has 0 aliphatic heterocycles. The van der Waals surface area contributed by atoms with Gasteiger partial charge in [-0.2, -0.15) is 0 Å². The molecule has 1 amide bonds. The minimum absolute atomic E-state index is 0.0554. The molecule has 25 heavy (non-hydrogen) atoms. The number of nitrogens with zero attached hydrogens (tertiary/aromatic N) is 1. The second-order valence-electron chi connectivity index (χ2n) is 5.80. The molecule has 2 aromatic rings. The van der Waals surface area contributed by atoms with Gasteiger partial charge in [0.25, 0.3) is 5.56 Å². The third kappa shape index (κ3) is 6.36. The summed E-state index contributed by atoms with van der Waals surface area (Å²) in [4.78, 5) is 30.2. The van der Waals surface area contributed by atoms with Gasteiger partial charge in [0.2, 0.25) is 5.91 Å². The molecule has 0 bridgehead atoms. The summed E-state index contributed by atoms with van der Waals surface area (Å²) < 4.78 is 0. The van der Waals surface area contributed by atoms with Crippen molar-refractivity contribution in [3.8, 4) is 0 Å². The fourth-order valence-electron chi connectivity index (χ4n) is 2.45. The van der Waals surface area contributed by atoms with Gasteiger partial charge in [0.1, 0.15) is 0 Å². The van der Waals surface area contributed by atoms with Crippen LogP contribution in [0.5, 0.6) is 0 Å². The third-order valence-corrected chi connectivity index (χ3v) is 4.85. The average molecular weight is 361 g/mol. The van der Waals surface area contributed by atoms with Crippen molar-refractivity contribution in [2.24, 2.45) is 0 Å². The first-order valence-electron chi connectivity index (χ1n) is 8.32. The van der Waals surface area contributed by atoms with Crippen LogP contribution in [0.3, 0.4) is 0 Å². The van der Waals surface area contributed by atoms with E-state index in [9.17, 15) is 9.59 Å². The number of nitrogens with one attached hydrogen (secondary N) is 2. The SMILES string of the molecule is CC(c1ccccc1)c1cc(=O)[nH]c(SCCCCCC(=O)NO)n1. The molecule has 1 aromatic carbocycles. The number of rotatable bonds is 9. The van der Waals surface area contributed by atoms with Crippen LogP contribution in [0.2, 0.25) is 0 Å². The van der Waals surface area contributed by atoms with Crippen LogP contribution in [0, 0.1) is 0 Å². The molecular weight excluding hydrogens is 338 g/mol. The van der Waals surface area contributed by atoms with Gasteiger partial charge >= 0.3 is 0 Å². The predicted octanol–water partition coefficient (Wildman–Crippen LogP) is 3.08. The number of aromatic nitrogens is 2. The molecule has 0 aliphatic rings. The highest BCUT2D eigenvalue weighted by Gasteiger charge is 2.12. The van der Waals surface area contributed by atoms with Gasteiger partial charge in [-0.05, 0) is 18.4 Å². The summed E-state index contributed by atoms with van der Waals surface area (Å²) >= 11 is 1.51. The topological polar surface area (TPSA) is 95.1 Å². The van der Waals surface area contributed by atoms with E-state index in [1.807, 2.05) is 37.3 Å². The summed E-state index contributed by atoms with van der Waals surface area (Å²) in [7, 11) is 0. The maximum Gasteiger partial charge on any atom is 0.251 e. The Morgan fingerprint density at radius 2 is 2.04 bits per heavy atom. The molecule has 7 heteroatoms. The van der Waals surface area contributed by atoms with E-state index in [4.69, 9.17) is 5.21 Å². The van der Waals surface area contributed by atoms with Crippen molar-refractivity contribution in [2.45, 2.75) is 43.7 Å². The standard InChI is InChI=1S/C18H23N3O3S/c1-13(14-8-4-2-5-9-14)15-12-17(23)20-18(19-15)25-11-7-3-6-10-16(22)21-24/h2,4-5,8-9,12-13,24H,3,6-7,10-11H2,1H3,(H,21,22)(H,19,20,23). The fourth-order valence-corrected chi connectivity index (χ4v) is 3.33. The van der Waals surface area contributed by atoms with Crippen molar-refractivity contribution in [2.75, 3.05) is 5.75 Å². The number of carbonyl (C=O) groups is 1. The molecule has 0 fully saturated rings. The first-order valence-corrected chi connectivity index (χ1v) is 9.30. The Bertz CT molecular complexity index is 734. The number of carbonyl (C=O) groups excluding carboxylic acids is 1. The lowest BCUT2D eigenvalue weighted by Crippen LogP contribution is -2.17. The molecule has 1 aromatic heterocycles. The van der Waals surface area contributed by atoms with Crippen LogP contribution in [0.15, 0.2) is 46.3 Å². The number of hydrogen-bond donors (Lipinski definition) is 3. The van der Waals surface area contributed by atoms with Crippen molar-refractivity contribution < 1.29 is 10.0 Å². The highest BCUT2D eigenvalue weighted by Crippen LogP contribution is 2.23. The second kappa shape index (κ2) is 10.0. The Hall–Kier alpha value is -2.12. The highest BCUT2D eigenvalue weighted by molar-refractivity contribution is 7.99. The van der Waals surface area contributed by atoms with Gasteiger partial charge in [0, 0.05) is 24.2 Å². The van der Waals surface area contributed by atoms with Gasteiger partial charge in [-0.1, -0.05) is 55.4 Å². The van der Waals surface area contributed by atoms with Crippen molar-refractivity contribution in [1.29, 1.82) is 0 Å². The number of hydroxylamine groups is 1. The lowest BCUT2D eigenvalue weighted by atomic mass is 9.98. The van der Waals surface area contributed by atoms with Crippen LogP contribution in [0.4, 0.5) is 0 Å². The molecule has 0 aliphatic carbocycles. The maximum atomic E-state index is 11.9. The summed E-state index contributed by atoms with van der Waals surface area (Å²) in [6.45, 7) is 2.04. The van der Waals surface area contributed by atoms with E-state index in [0.29, 0.717) is 11.6 Å². The Kier molecular flexibility index (Phi) is 7.69. The van der Waals surface area contributed by atoms with Crippen LogP contribution in [-0.4, -0.2) is 26.8 Å². The molecule has 134 valence electrons. The molecule has 1 heterocycles. The lowest BCUT2D eigenvalue weighted by molar-refractivity contribution is -0.129. The Balaban J connectivity index is 1.89. The second-order valence-corrected chi connectivity index (χ2v) is 6.89.